The van der Waals surface area contributed by atoms with E-state index >= 15 is 0 Å². The summed E-state index contributed by atoms with van der Waals surface area (Å²) in [5.41, 5.74) is 2.24. The number of allylic oxidation sites excluding steroid dienone is 1. The Hall–Kier alpha value is -2.01. The van der Waals surface area contributed by atoms with Gasteiger partial charge in [0.05, 0.1) is 12.8 Å². The van der Waals surface area contributed by atoms with Gasteiger partial charge in [0.2, 0.25) is 0 Å². The van der Waals surface area contributed by atoms with E-state index in [4.69, 9.17) is 9.47 Å². The van der Waals surface area contributed by atoms with Gasteiger partial charge in [0.15, 0.2) is 0 Å². The Balaban J connectivity index is 2.25. The Labute approximate surface area is 152 Å². The molecule has 0 radical (unpaired) electrons. The number of aryl methyl sites for hydroxylation is 2. The van der Waals surface area contributed by atoms with Gasteiger partial charge in [-0.05, 0) is 69.8 Å². The summed E-state index contributed by atoms with van der Waals surface area (Å²) in [6, 6.07) is 4.08. The first kappa shape index (κ1) is 21.0. The number of ether oxygens (including phenoxy) is 2. The fraction of sp³-hybridized carbons (Fsp3) is 0.550. The van der Waals surface area contributed by atoms with Crippen molar-refractivity contribution in [2.24, 2.45) is 5.16 Å². The van der Waals surface area contributed by atoms with E-state index in [1.165, 1.54) is 0 Å². The van der Waals surface area contributed by atoms with Crippen molar-refractivity contribution in [1.29, 1.82) is 0 Å². The highest BCUT2D eigenvalue weighted by Crippen LogP contribution is 2.28. The highest BCUT2D eigenvalue weighted by Gasteiger charge is 2.07. The number of unbranched alkanes of at least 4 members (excludes halogenated alkanes) is 2. The molecule has 25 heavy (non-hydrogen) atoms. The van der Waals surface area contributed by atoms with Crippen LogP contribution in [-0.2, 0) is 4.84 Å². The number of hydrogen-bond acceptors (Lipinski definition) is 5. The topological polar surface area (TPSA) is 52.1 Å². The molecule has 1 aromatic carbocycles. The summed E-state index contributed by atoms with van der Waals surface area (Å²) in [6.07, 6.45) is 9.01. The van der Waals surface area contributed by atoms with Crippen molar-refractivity contribution in [3.05, 3.63) is 35.4 Å². The lowest BCUT2D eigenvalue weighted by molar-refractivity contribution is 0.214. The standard InChI is InChI=1S/C20H32N2O3/c1-5-6-13-24-19-15-17(2)20(18(3)16-19)25-14-9-7-8-10-21-11-12-22-23-4/h5-6,12,15-16,21H,7-11,13-14H2,1-4H3/b6-5+,22-12+. The molecule has 0 atom stereocenters. The van der Waals surface area contributed by atoms with Crippen LogP contribution in [0.5, 0.6) is 11.5 Å². The number of oxime groups is 1. The fourth-order valence-corrected chi connectivity index (χ4v) is 2.44. The first-order valence-electron chi connectivity index (χ1n) is 8.92. The van der Waals surface area contributed by atoms with Crippen LogP contribution in [0.3, 0.4) is 0 Å². The van der Waals surface area contributed by atoms with Gasteiger partial charge in [-0.2, -0.15) is 0 Å². The minimum Gasteiger partial charge on any atom is -0.493 e. The third kappa shape index (κ3) is 9.15. The molecule has 0 amide bonds. The lowest BCUT2D eigenvalue weighted by Gasteiger charge is -2.14. The molecule has 0 aliphatic heterocycles. The van der Waals surface area contributed by atoms with Crippen molar-refractivity contribution in [3.8, 4) is 11.5 Å². The highest BCUT2D eigenvalue weighted by atomic mass is 16.6. The Morgan fingerprint density at radius 3 is 2.52 bits per heavy atom. The maximum absolute atomic E-state index is 5.98. The third-order valence-corrected chi connectivity index (χ3v) is 3.68. The smallest absolute Gasteiger partial charge is 0.125 e. The average Bonchev–Trinajstić information content (AvgIpc) is 2.59. The summed E-state index contributed by atoms with van der Waals surface area (Å²) in [5, 5.41) is 6.96. The van der Waals surface area contributed by atoms with E-state index in [0.717, 1.165) is 61.6 Å². The molecule has 0 aliphatic carbocycles. The maximum Gasteiger partial charge on any atom is 0.125 e. The molecule has 0 fully saturated rings. The summed E-state index contributed by atoms with van der Waals surface area (Å²) in [4.78, 5) is 4.60. The zero-order chi connectivity index (χ0) is 18.3. The van der Waals surface area contributed by atoms with E-state index in [1.54, 1.807) is 13.3 Å². The van der Waals surface area contributed by atoms with Crippen molar-refractivity contribution in [3.63, 3.8) is 0 Å². The zero-order valence-electron chi connectivity index (χ0n) is 16.0. The molecule has 0 aliphatic rings. The molecule has 5 heteroatoms. The van der Waals surface area contributed by atoms with Gasteiger partial charge in [-0.25, -0.2) is 0 Å². The van der Waals surface area contributed by atoms with Gasteiger partial charge in [0.1, 0.15) is 25.2 Å². The number of hydrogen-bond donors (Lipinski definition) is 1. The fourth-order valence-electron chi connectivity index (χ4n) is 2.44. The van der Waals surface area contributed by atoms with Gasteiger partial charge in [-0.15, -0.1) is 0 Å². The van der Waals surface area contributed by atoms with Crippen LogP contribution in [-0.4, -0.2) is 39.6 Å². The van der Waals surface area contributed by atoms with E-state index < -0.39 is 0 Å². The molecule has 140 valence electrons. The molecule has 0 saturated heterocycles. The predicted octanol–water partition coefficient (Wildman–Crippen LogP) is 4.03. The third-order valence-electron chi connectivity index (χ3n) is 3.68. The van der Waals surface area contributed by atoms with Crippen molar-refractivity contribution >= 4 is 6.21 Å². The molecule has 0 heterocycles. The molecule has 1 rings (SSSR count). The van der Waals surface area contributed by atoms with E-state index in [0.29, 0.717) is 6.61 Å². The van der Waals surface area contributed by atoms with Gasteiger partial charge in [0.25, 0.3) is 0 Å². The first-order chi connectivity index (χ1) is 12.2. The zero-order valence-corrected chi connectivity index (χ0v) is 16.0. The van der Waals surface area contributed by atoms with Gasteiger partial charge < -0.3 is 19.6 Å². The number of benzene rings is 1. The van der Waals surface area contributed by atoms with Gasteiger partial charge >= 0.3 is 0 Å². The molecule has 1 aromatic rings. The summed E-state index contributed by atoms with van der Waals surface area (Å²) in [7, 11) is 1.55. The lowest BCUT2D eigenvalue weighted by Crippen LogP contribution is -2.17. The van der Waals surface area contributed by atoms with Crippen LogP contribution >= 0.6 is 0 Å². The van der Waals surface area contributed by atoms with E-state index in [9.17, 15) is 0 Å². The van der Waals surface area contributed by atoms with E-state index in [1.807, 2.05) is 31.2 Å². The largest absolute Gasteiger partial charge is 0.493 e. The first-order valence-corrected chi connectivity index (χ1v) is 8.92. The van der Waals surface area contributed by atoms with Crippen LogP contribution in [0.2, 0.25) is 0 Å². The minimum atomic E-state index is 0.598. The minimum absolute atomic E-state index is 0.598. The number of rotatable bonds is 13. The Morgan fingerprint density at radius 1 is 1.08 bits per heavy atom. The Bertz CT molecular complexity index is 519. The van der Waals surface area contributed by atoms with Crippen LogP contribution in [0, 0.1) is 13.8 Å². The second kappa shape index (κ2) is 13.3. The Kier molecular flexibility index (Phi) is 11.2. The summed E-state index contributed by atoms with van der Waals surface area (Å²) in [5.74, 6) is 1.87. The molecule has 0 aromatic heterocycles. The number of nitrogens with one attached hydrogen (secondary N) is 1. The summed E-state index contributed by atoms with van der Waals surface area (Å²) in [6.45, 7) is 9.18. The van der Waals surface area contributed by atoms with Crippen LogP contribution in [0.4, 0.5) is 0 Å². The monoisotopic (exact) mass is 348 g/mol. The second-order valence-electron chi connectivity index (χ2n) is 5.85. The highest BCUT2D eigenvalue weighted by molar-refractivity contribution is 5.58. The molecule has 0 saturated carbocycles. The molecule has 1 N–H and O–H groups in total. The van der Waals surface area contributed by atoms with E-state index in [2.05, 4.69) is 29.2 Å². The van der Waals surface area contributed by atoms with Crippen molar-refractivity contribution < 1.29 is 14.3 Å². The van der Waals surface area contributed by atoms with Crippen molar-refractivity contribution in [2.75, 3.05) is 33.4 Å². The van der Waals surface area contributed by atoms with Gasteiger partial charge in [-0.3, -0.25) is 0 Å². The van der Waals surface area contributed by atoms with Crippen molar-refractivity contribution in [2.45, 2.75) is 40.0 Å². The molecule has 0 unspecified atom stereocenters. The van der Waals surface area contributed by atoms with Gasteiger partial charge in [0, 0.05) is 6.54 Å². The molecule has 0 bridgehead atoms. The molecule has 5 nitrogen and oxygen atoms in total. The maximum atomic E-state index is 5.98. The Morgan fingerprint density at radius 2 is 1.84 bits per heavy atom. The SMILES string of the molecule is C/C=C/COc1cc(C)c(OCCCCCNC/C=N/OC)c(C)c1. The molecular weight excluding hydrogens is 316 g/mol. The molecular formula is C20H32N2O3. The van der Waals surface area contributed by atoms with Gasteiger partial charge in [-0.1, -0.05) is 17.3 Å². The van der Waals surface area contributed by atoms with Crippen LogP contribution in [0.15, 0.2) is 29.4 Å². The van der Waals surface area contributed by atoms with Crippen molar-refractivity contribution in [1.82, 2.24) is 5.32 Å². The van der Waals surface area contributed by atoms with Crippen LogP contribution in [0.1, 0.15) is 37.3 Å². The van der Waals surface area contributed by atoms with Crippen LogP contribution < -0.4 is 14.8 Å². The summed E-state index contributed by atoms with van der Waals surface area (Å²) >= 11 is 0. The quantitative estimate of drug-likeness (QED) is 0.253. The predicted molar refractivity (Wildman–Crippen MR) is 104 cm³/mol. The number of nitrogens with zero attached hydrogens (tertiary/aromatic N) is 1. The normalized spacial score (nSPS) is 11.4. The second-order valence-corrected chi connectivity index (χ2v) is 5.85. The average molecular weight is 348 g/mol. The molecule has 0 spiro atoms. The lowest BCUT2D eigenvalue weighted by atomic mass is 10.1. The summed E-state index contributed by atoms with van der Waals surface area (Å²) < 4.78 is 11.7. The van der Waals surface area contributed by atoms with E-state index in [-0.39, 0.29) is 0 Å². The van der Waals surface area contributed by atoms with Crippen LogP contribution in [0.25, 0.3) is 0 Å².